The van der Waals surface area contributed by atoms with Crippen molar-refractivity contribution in [2.24, 2.45) is 0 Å². The molecule has 5 rings (SSSR count). The standard InChI is InChI=1S/C26H23F3N4O3S/c27-26(28,29)23-17-25(34)31-24-6-3-19(16-22(23)24)15-18-1-4-21(5-2-18)37(35,36)33-13-11-32(12-14-33)20-7-9-30-10-8-20/h1-10,16-17H,11-15H2,(H,31,34). The smallest absolute Gasteiger partial charge is 0.369 e. The molecule has 192 valence electrons. The molecule has 0 radical (unpaired) electrons. The van der Waals surface area contributed by atoms with Gasteiger partial charge in [-0.1, -0.05) is 18.2 Å². The molecule has 37 heavy (non-hydrogen) atoms. The molecule has 1 fully saturated rings. The Labute approximate surface area is 211 Å². The highest BCUT2D eigenvalue weighted by Gasteiger charge is 2.33. The second kappa shape index (κ2) is 9.64. The summed E-state index contributed by atoms with van der Waals surface area (Å²) in [5.74, 6) is 0. The van der Waals surface area contributed by atoms with Gasteiger partial charge in [-0.25, -0.2) is 8.42 Å². The number of fused-ring (bicyclic) bond motifs is 1. The molecule has 0 unspecified atom stereocenters. The predicted octanol–water partition coefficient (Wildman–Crippen LogP) is 4.04. The minimum Gasteiger partial charge on any atom is -0.369 e. The van der Waals surface area contributed by atoms with Crippen molar-refractivity contribution in [3.8, 4) is 0 Å². The largest absolute Gasteiger partial charge is 0.417 e. The first kappa shape index (κ1) is 25.0. The van der Waals surface area contributed by atoms with E-state index in [0.717, 1.165) is 11.3 Å². The van der Waals surface area contributed by atoms with Crippen LogP contribution in [0.1, 0.15) is 16.7 Å². The van der Waals surface area contributed by atoms with E-state index in [-0.39, 0.29) is 15.8 Å². The van der Waals surface area contributed by atoms with Crippen LogP contribution in [-0.2, 0) is 22.6 Å². The minimum atomic E-state index is -4.66. The monoisotopic (exact) mass is 528 g/mol. The summed E-state index contributed by atoms with van der Waals surface area (Å²) in [5, 5.41) is -0.0882. The lowest BCUT2D eigenvalue weighted by molar-refractivity contribution is -0.136. The summed E-state index contributed by atoms with van der Waals surface area (Å²) < 4.78 is 68.2. The molecule has 0 bridgehead atoms. The third-order valence-corrected chi connectivity index (χ3v) is 8.36. The summed E-state index contributed by atoms with van der Waals surface area (Å²) in [5.41, 5.74) is 0.654. The maximum atomic E-state index is 13.5. The molecule has 0 saturated carbocycles. The molecule has 4 aromatic rings. The van der Waals surface area contributed by atoms with Crippen LogP contribution in [0.3, 0.4) is 0 Å². The Balaban J connectivity index is 1.31. The lowest BCUT2D eigenvalue weighted by atomic mass is 10.0. The van der Waals surface area contributed by atoms with Crippen LogP contribution in [0.4, 0.5) is 18.9 Å². The fraction of sp³-hybridized carbons (Fsp3) is 0.231. The van der Waals surface area contributed by atoms with Crippen molar-refractivity contribution in [1.82, 2.24) is 14.3 Å². The SMILES string of the molecule is O=c1cc(C(F)(F)F)c2cc(Cc3ccc(S(=O)(=O)N4CCN(c5ccncc5)CC4)cc3)ccc2[nH]1. The molecule has 0 amide bonds. The molecule has 0 aliphatic carbocycles. The van der Waals surface area contributed by atoms with Crippen LogP contribution in [0.2, 0.25) is 0 Å². The maximum Gasteiger partial charge on any atom is 0.417 e. The van der Waals surface area contributed by atoms with E-state index in [2.05, 4.69) is 14.9 Å². The Hall–Kier alpha value is -3.70. The zero-order valence-corrected chi connectivity index (χ0v) is 20.4. The quantitative estimate of drug-likeness (QED) is 0.423. The number of sulfonamides is 1. The lowest BCUT2D eigenvalue weighted by Crippen LogP contribution is -2.48. The van der Waals surface area contributed by atoms with E-state index in [0.29, 0.717) is 44.2 Å². The number of nitrogens with one attached hydrogen (secondary N) is 1. The summed E-state index contributed by atoms with van der Waals surface area (Å²) in [4.78, 5) is 20.3. The summed E-state index contributed by atoms with van der Waals surface area (Å²) in [6.45, 7) is 1.84. The van der Waals surface area contributed by atoms with Gasteiger partial charge in [-0.2, -0.15) is 17.5 Å². The number of rotatable bonds is 5. The second-order valence-corrected chi connectivity index (χ2v) is 10.8. The van der Waals surface area contributed by atoms with Gasteiger partial charge in [0.2, 0.25) is 15.6 Å². The number of benzene rings is 2. The fourth-order valence-corrected chi connectivity index (χ4v) is 5.97. The first-order valence-corrected chi connectivity index (χ1v) is 13.0. The molecule has 1 aliphatic heterocycles. The number of piperazine rings is 1. The van der Waals surface area contributed by atoms with Crippen LogP contribution < -0.4 is 10.5 Å². The normalized spacial score (nSPS) is 15.3. The van der Waals surface area contributed by atoms with Gasteiger partial charge in [0.15, 0.2) is 0 Å². The number of hydrogen-bond acceptors (Lipinski definition) is 5. The molecule has 3 heterocycles. The highest BCUT2D eigenvalue weighted by atomic mass is 32.2. The Kier molecular flexibility index (Phi) is 6.50. The molecule has 7 nitrogen and oxygen atoms in total. The van der Waals surface area contributed by atoms with Crippen molar-refractivity contribution in [3.05, 3.63) is 100 Å². The highest BCUT2D eigenvalue weighted by molar-refractivity contribution is 7.89. The first-order valence-electron chi connectivity index (χ1n) is 11.6. The van der Waals surface area contributed by atoms with Crippen LogP contribution >= 0.6 is 0 Å². The van der Waals surface area contributed by atoms with Gasteiger partial charge in [-0.15, -0.1) is 0 Å². The van der Waals surface area contributed by atoms with Gasteiger partial charge in [0.25, 0.3) is 0 Å². The summed E-state index contributed by atoms with van der Waals surface area (Å²) in [6.07, 6.45) is -0.954. The average molecular weight is 529 g/mol. The molecule has 0 spiro atoms. The molecular formula is C26H23F3N4O3S. The number of pyridine rings is 2. The number of halogens is 3. The molecular weight excluding hydrogens is 505 g/mol. The average Bonchev–Trinajstić information content (AvgIpc) is 2.89. The number of H-pyrrole nitrogens is 1. The molecule has 1 aliphatic rings. The third-order valence-electron chi connectivity index (χ3n) is 6.45. The summed E-state index contributed by atoms with van der Waals surface area (Å²) >= 11 is 0. The Bertz CT molecular complexity index is 1580. The van der Waals surface area contributed by atoms with Gasteiger partial charge in [0.05, 0.1) is 10.5 Å². The van der Waals surface area contributed by atoms with Crippen LogP contribution in [0, 0.1) is 0 Å². The van der Waals surface area contributed by atoms with Crippen LogP contribution in [0.5, 0.6) is 0 Å². The lowest BCUT2D eigenvalue weighted by Gasteiger charge is -2.35. The number of anilines is 1. The van der Waals surface area contributed by atoms with Crippen LogP contribution in [-0.4, -0.2) is 48.9 Å². The Morgan fingerprint density at radius 3 is 2.16 bits per heavy atom. The van der Waals surface area contributed by atoms with Crippen molar-refractivity contribution in [2.75, 3.05) is 31.1 Å². The number of nitrogens with zero attached hydrogens (tertiary/aromatic N) is 3. The van der Waals surface area contributed by atoms with E-state index >= 15 is 0 Å². The fourth-order valence-electron chi connectivity index (χ4n) is 4.55. The second-order valence-electron chi connectivity index (χ2n) is 8.84. The zero-order valence-electron chi connectivity index (χ0n) is 19.6. The Morgan fingerprint density at radius 1 is 0.865 bits per heavy atom. The number of alkyl halides is 3. The van der Waals surface area contributed by atoms with Crippen molar-refractivity contribution in [2.45, 2.75) is 17.5 Å². The van der Waals surface area contributed by atoms with Gasteiger partial charge >= 0.3 is 6.18 Å². The van der Waals surface area contributed by atoms with Crippen LogP contribution in [0.25, 0.3) is 10.9 Å². The molecule has 2 aromatic heterocycles. The minimum absolute atomic E-state index is 0.0882. The predicted molar refractivity (Wildman–Crippen MR) is 134 cm³/mol. The van der Waals surface area contributed by atoms with E-state index in [9.17, 15) is 26.4 Å². The van der Waals surface area contributed by atoms with E-state index in [1.54, 1.807) is 30.6 Å². The van der Waals surface area contributed by atoms with Crippen molar-refractivity contribution < 1.29 is 21.6 Å². The third kappa shape index (κ3) is 5.23. The van der Waals surface area contributed by atoms with Gasteiger partial charge in [0.1, 0.15) is 0 Å². The van der Waals surface area contributed by atoms with E-state index in [1.165, 1.54) is 28.6 Å². The van der Waals surface area contributed by atoms with E-state index in [4.69, 9.17) is 0 Å². The molecule has 11 heteroatoms. The maximum absolute atomic E-state index is 13.5. The van der Waals surface area contributed by atoms with E-state index in [1.807, 2.05) is 12.1 Å². The summed E-state index contributed by atoms with van der Waals surface area (Å²) in [7, 11) is -3.68. The van der Waals surface area contributed by atoms with Crippen molar-refractivity contribution in [3.63, 3.8) is 0 Å². The van der Waals surface area contributed by atoms with E-state index < -0.39 is 27.3 Å². The Morgan fingerprint density at radius 2 is 1.51 bits per heavy atom. The first-order chi connectivity index (χ1) is 17.6. The topological polar surface area (TPSA) is 86.4 Å². The van der Waals surface area contributed by atoms with Gasteiger partial charge < -0.3 is 9.88 Å². The van der Waals surface area contributed by atoms with Gasteiger partial charge in [-0.3, -0.25) is 9.78 Å². The van der Waals surface area contributed by atoms with Gasteiger partial charge in [0, 0.05) is 61.2 Å². The number of aromatic nitrogens is 2. The molecule has 1 N–H and O–H groups in total. The van der Waals surface area contributed by atoms with Crippen LogP contribution in [0.15, 0.2) is 82.7 Å². The highest BCUT2D eigenvalue weighted by Crippen LogP contribution is 2.34. The van der Waals surface area contributed by atoms with Crippen molar-refractivity contribution in [1.29, 1.82) is 0 Å². The number of hydrogen-bond donors (Lipinski definition) is 1. The summed E-state index contributed by atoms with van der Waals surface area (Å²) in [6, 6.07) is 15.2. The number of aromatic amines is 1. The zero-order chi connectivity index (χ0) is 26.2. The molecule has 0 atom stereocenters. The van der Waals surface area contributed by atoms with Gasteiger partial charge in [-0.05, 0) is 53.9 Å². The molecule has 2 aromatic carbocycles. The van der Waals surface area contributed by atoms with Crippen molar-refractivity contribution >= 4 is 26.6 Å². The molecule has 1 saturated heterocycles.